The number of nitrogens with zero attached hydrogens (tertiary/aromatic N) is 4. The van der Waals surface area contributed by atoms with Gasteiger partial charge in [0.25, 0.3) is 11.5 Å². The van der Waals surface area contributed by atoms with Gasteiger partial charge in [-0.15, -0.1) is 0 Å². The number of benzene rings is 2. The number of hydrogen-bond donors (Lipinski definition) is 0. The van der Waals surface area contributed by atoms with Gasteiger partial charge in [0.15, 0.2) is 0 Å². The Hall–Kier alpha value is -3.33. The number of anilines is 1. The summed E-state index contributed by atoms with van der Waals surface area (Å²) in [6.45, 7) is 0.971. The van der Waals surface area contributed by atoms with Gasteiger partial charge < -0.3 is 9.80 Å². The van der Waals surface area contributed by atoms with Crippen molar-refractivity contribution in [3.05, 3.63) is 87.3 Å². The average Bonchev–Trinajstić information content (AvgIpc) is 2.80. The van der Waals surface area contributed by atoms with Gasteiger partial charge in [0.2, 0.25) is 0 Å². The molecule has 0 radical (unpaired) electrons. The van der Waals surface area contributed by atoms with Crippen molar-refractivity contribution in [1.29, 1.82) is 0 Å². The number of carbonyl (C=O) groups is 1. The molecule has 0 saturated carbocycles. The molecule has 1 saturated heterocycles. The molecule has 166 valence electrons. The van der Waals surface area contributed by atoms with E-state index in [0.29, 0.717) is 24.5 Å². The van der Waals surface area contributed by atoms with Crippen LogP contribution in [0.3, 0.4) is 0 Å². The maximum absolute atomic E-state index is 13.3. The summed E-state index contributed by atoms with van der Waals surface area (Å²) < 4.78 is 41.0. The molecule has 2 aromatic carbocycles. The van der Waals surface area contributed by atoms with Gasteiger partial charge in [0.1, 0.15) is 5.02 Å². The van der Waals surface area contributed by atoms with Crippen LogP contribution in [0.25, 0.3) is 5.69 Å². The number of halogens is 4. The minimum absolute atomic E-state index is 0.00829. The lowest BCUT2D eigenvalue weighted by molar-refractivity contribution is -0.138. The first kappa shape index (κ1) is 21.9. The zero-order valence-corrected chi connectivity index (χ0v) is 17.5. The smallest absolute Gasteiger partial charge is 0.365 e. The lowest BCUT2D eigenvalue weighted by Gasteiger charge is -2.36. The maximum Gasteiger partial charge on any atom is 0.417 e. The lowest BCUT2D eigenvalue weighted by Crippen LogP contribution is -2.49. The molecule has 1 aliphatic heterocycles. The number of amides is 1. The van der Waals surface area contributed by atoms with Crippen molar-refractivity contribution < 1.29 is 18.0 Å². The van der Waals surface area contributed by atoms with Gasteiger partial charge in [-0.1, -0.05) is 41.9 Å². The molecule has 6 nitrogen and oxygen atoms in total. The fourth-order valence-electron chi connectivity index (χ4n) is 3.64. The standard InChI is InChI=1S/C22H18ClF3N4O2/c23-19-18(14-27-30(21(19)32)15-6-2-1-3-7-15)28-10-12-29(13-11-28)20(31)16-8-4-5-9-17(16)22(24,25)26/h1-9,14H,10-13H2. The number of aromatic nitrogens is 2. The van der Waals surface area contributed by atoms with E-state index in [9.17, 15) is 22.8 Å². The Balaban J connectivity index is 1.51. The summed E-state index contributed by atoms with van der Waals surface area (Å²) in [5.74, 6) is -0.679. The zero-order valence-electron chi connectivity index (χ0n) is 16.7. The van der Waals surface area contributed by atoms with Gasteiger partial charge >= 0.3 is 6.18 Å². The second-order valence-corrected chi connectivity index (χ2v) is 7.60. The minimum atomic E-state index is -4.62. The van der Waals surface area contributed by atoms with Gasteiger partial charge in [-0.2, -0.15) is 23.0 Å². The van der Waals surface area contributed by atoms with E-state index in [2.05, 4.69) is 5.10 Å². The molecule has 0 aliphatic carbocycles. The molecule has 4 rings (SSSR count). The monoisotopic (exact) mass is 462 g/mol. The fourth-order valence-corrected chi connectivity index (χ4v) is 3.88. The maximum atomic E-state index is 13.3. The van der Waals surface area contributed by atoms with Crippen molar-refractivity contribution in [3.8, 4) is 5.69 Å². The first-order valence-electron chi connectivity index (χ1n) is 9.81. The van der Waals surface area contributed by atoms with Gasteiger partial charge in [0.05, 0.1) is 28.7 Å². The Kier molecular flexibility index (Phi) is 5.92. The van der Waals surface area contributed by atoms with E-state index < -0.39 is 23.2 Å². The predicted octanol–water partition coefficient (Wildman–Crippen LogP) is 3.87. The molecule has 1 fully saturated rings. The molecule has 1 amide bonds. The van der Waals surface area contributed by atoms with Crippen LogP contribution in [0.5, 0.6) is 0 Å². The average molecular weight is 463 g/mol. The molecule has 32 heavy (non-hydrogen) atoms. The summed E-state index contributed by atoms with van der Waals surface area (Å²) in [7, 11) is 0. The highest BCUT2D eigenvalue weighted by Crippen LogP contribution is 2.32. The Morgan fingerprint density at radius 1 is 0.938 bits per heavy atom. The summed E-state index contributed by atoms with van der Waals surface area (Å²) >= 11 is 6.33. The van der Waals surface area contributed by atoms with E-state index >= 15 is 0 Å². The normalized spacial score (nSPS) is 14.5. The largest absolute Gasteiger partial charge is 0.417 e. The first-order chi connectivity index (χ1) is 15.3. The Labute approximate surface area is 186 Å². The molecule has 0 spiro atoms. The highest BCUT2D eigenvalue weighted by Gasteiger charge is 2.36. The van der Waals surface area contributed by atoms with Crippen LogP contribution in [-0.4, -0.2) is 46.8 Å². The van der Waals surface area contributed by atoms with E-state index in [-0.39, 0.29) is 23.7 Å². The van der Waals surface area contributed by atoms with Crippen molar-refractivity contribution >= 4 is 23.2 Å². The molecule has 0 unspecified atom stereocenters. The van der Waals surface area contributed by atoms with Crippen LogP contribution in [-0.2, 0) is 6.18 Å². The van der Waals surface area contributed by atoms with Crippen LogP contribution in [0.2, 0.25) is 5.02 Å². The van der Waals surface area contributed by atoms with E-state index in [4.69, 9.17) is 11.6 Å². The van der Waals surface area contributed by atoms with E-state index in [0.717, 1.165) is 6.07 Å². The van der Waals surface area contributed by atoms with Crippen LogP contribution < -0.4 is 10.5 Å². The molecule has 0 bridgehead atoms. The van der Waals surface area contributed by atoms with Gasteiger partial charge in [-0.05, 0) is 24.3 Å². The second kappa shape index (κ2) is 8.66. The third-order valence-electron chi connectivity index (χ3n) is 5.27. The quantitative estimate of drug-likeness (QED) is 0.593. The third-order valence-corrected chi connectivity index (χ3v) is 5.63. The number of piperazine rings is 1. The van der Waals surface area contributed by atoms with Crippen LogP contribution in [0, 0.1) is 0 Å². The van der Waals surface area contributed by atoms with Crippen molar-refractivity contribution in [2.75, 3.05) is 31.1 Å². The number of carbonyl (C=O) groups excluding carboxylic acids is 1. The Bertz CT molecular complexity index is 1190. The summed E-state index contributed by atoms with van der Waals surface area (Å²) in [6.07, 6.45) is -3.14. The van der Waals surface area contributed by atoms with Crippen LogP contribution in [0.1, 0.15) is 15.9 Å². The number of rotatable bonds is 3. The van der Waals surface area contributed by atoms with E-state index in [1.54, 1.807) is 29.2 Å². The minimum Gasteiger partial charge on any atom is -0.365 e. The molecule has 2 heterocycles. The molecular formula is C22H18ClF3N4O2. The van der Waals surface area contributed by atoms with Crippen molar-refractivity contribution in [2.45, 2.75) is 6.18 Å². The third kappa shape index (κ3) is 4.20. The van der Waals surface area contributed by atoms with Crippen LogP contribution in [0.15, 0.2) is 65.6 Å². The summed E-state index contributed by atoms with van der Waals surface area (Å²) in [6, 6.07) is 13.6. The van der Waals surface area contributed by atoms with Crippen LogP contribution in [0.4, 0.5) is 18.9 Å². The fraction of sp³-hybridized carbons (Fsp3) is 0.227. The SMILES string of the molecule is O=C(c1ccccc1C(F)(F)F)N1CCN(c2cnn(-c3ccccc3)c(=O)c2Cl)CC1. The molecule has 1 aromatic heterocycles. The zero-order chi connectivity index (χ0) is 22.9. The van der Waals surface area contributed by atoms with Gasteiger partial charge in [-0.25, -0.2) is 0 Å². The highest BCUT2D eigenvalue weighted by atomic mass is 35.5. The molecule has 0 atom stereocenters. The number of para-hydroxylation sites is 1. The summed E-state index contributed by atoms with van der Waals surface area (Å²) in [5.41, 5.74) is -0.813. The van der Waals surface area contributed by atoms with Crippen molar-refractivity contribution in [2.24, 2.45) is 0 Å². The molecule has 3 aromatic rings. The number of hydrogen-bond acceptors (Lipinski definition) is 4. The Morgan fingerprint density at radius 2 is 1.56 bits per heavy atom. The van der Waals surface area contributed by atoms with Gasteiger partial charge in [0, 0.05) is 26.2 Å². The second-order valence-electron chi connectivity index (χ2n) is 7.22. The lowest BCUT2D eigenvalue weighted by atomic mass is 10.1. The van der Waals surface area contributed by atoms with Crippen molar-refractivity contribution in [3.63, 3.8) is 0 Å². The molecule has 0 N–H and O–H groups in total. The van der Waals surface area contributed by atoms with Gasteiger partial charge in [-0.3, -0.25) is 9.59 Å². The van der Waals surface area contributed by atoms with E-state index in [1.807, 2.05) is 6.07 Å². The van der Waals surface area contributed by atoms with Crippen LogP contribution >= 0.6 is 11.6 Å². The summed E-state index contributed by atoms with van der Waals surface area (Å²) in [5, 5.41) is 4.19. The predicted molar refractivity (Wildman–Crippen MR) is 114 cm³/mol. The topological polar surface area (TPSA) is 58.4 Å². The molecule has 10 heteroatoms. The highest BCUT2D eigenvalue weighted by molar-refractivity contribution is 6.33. The first-order valence-corrected chi connectivity index (χ1v) is 10.2. The molecular weight excluding hydrogens is 445 g/mol. The van der Waals surface area contributed by atoms with Crippen molar-refractivity contribution in [1.82, 2.24) is 14.7 Å². The summed E-state index contributed by atoms with van der Waals surface area (Å²) in [4.78, 5) is 28.6. The van der Waals surface area contributed by atoms with E-state index in [1.165, 1.54) is 34.0 Å². The molecule has 1 aliphatic rings. The Morgan fingerprint density at radius 3 is 2.22 bits per heavy atom. The number of alkyl halides is 3.